The van der Waals surface area contributed by atoms with E-state index in [0.717, 1.165) is 25.0 Å². The summed E-state index contributed by atoms with van der Waals surface area (Å²) in [6.07, 6.45) is 2.57. The van der Waals surface area contributed by atoms with Gasteiger partial charge in [-0.2, -0.15) is 0 Å². The molecule has 20 heavy (non-hydrogen) atoms. The third-order valence-corrected chi connectivity index (χ3v) is 3.94. The third-order valence-electron chi connectivity index (χ3n) is 3.69. The summed E-state index contributed by atoms with van der Waals surface area (Å²) in [5, 5.41) is 13.3. The van der Waals surface area contributed by atoms with Crippen LogP contribution in [0, 0.1) is 0 Å². The molecule has 0 radical (unpaired) electrons. The smallest absolute Gasteiger partial charge is 0.323 e. The first-order valence-electron chi connectivity index (χ1n) is 6.84. The average Bonchev–Trinajstić information content (AvgIpc) is 2.92. The van der Waals surface area contributed by atoms with Crippen molar-refractivity contribution in [3.63, 3.8) is 0 Å². The highest BCUT2D eigenvalue weighted by molar-refractivity contribution is 6.30. The van der Waals surface area contributed by atoms with Crippen LogP contribution in [-0.4, -0.2) is 35.9 Å². The SMILES string of the molecule is CC(Cc1ccc(Cl)cc1)(NCC1CCCO1)C(=O)O. The first-order valence-corrected chi connectivity index (χ1v) is 7.22. The number of halogens is 1. The number of hydrogen-bond acceptors (Lipinski definition) is 3. The van der Waals surface area contributed by atoms with Gasteiger partial charge in [-0.25, -0.2) is 0 Å². The fourth-order valence-corrected chi connectivity index (χ4v) is 2.49. The highest BCUT2D eigenvalue weighted by Crippen LogP contribution is 2.18. The molecule has 0 saturated carbocycles. The largest absolute Gasteiger partial charge is 0.480 e. The zero-order chi connectivity index (χ0) is 14.6. The maximum absolute atomic E-state index is 11.6. The van der Waals surface area contributed by atoms with Crippen LogP contribution in [0.25, 0.3) is 0 Å². The van der Waals surface area contributed by atoms with E-state index in [-0.39, 0.29) is 6.10 Å². The Morgan fingerprint density at radius 3 is 2.75 bits per heavy atom. The first-order chi connectivity index (χ1) is 9.49. The van der Waals surface area contributed by atoms with Crippen molar-refractivity contribution in [2.45, 2.75) is 37.8 Å². The standard InChI is InChI=1S/C15H20ClNO3/c1-15(14(18)19,17-10-13-3-2-8-20-13)9-11-4-6-12(16)7-5-11/h4-7,13,17H,2-3,8-10H2,1H3,(H,18,19). The predicted molar refractivity (Wildman–Crippen MR) is 78.2 cm³/mol. The van der Waals surface area contributed by atoms with Gasteiger partial charge in [0.25, 0.3) is 0 Å². The Morgan fingerprint density at radius 1 is 1.50 bits per heavy atom. The number of nitrogens with one attached hydrogen (secondary N) is 1. The minimum Gasteiger partial charge on any atom is -0.480 e. The summed E-state index contributed by atoms with van der Waals surface area (Å²) in [4.78, 5) is 11.6. The Labute approximate surface area is 124 Å². The number of carboxylic acids is 1. The highest BCUT2D eigenvalue weighted by Gasteiger charge is 2.34. The average molecular weight is 298 g/mol. The summed E-state index contributed by atoms with van der Waals surface area (Å²) < 4.78 is 5.52. The van der Waals surface area contributed by atoms with Crippen molar-refractivity contribution in [3.8, 4) is 0 Å². The van der Waals surface area contributed by atoms with E-state index < -0.39 is 11.5 Å². The molecule has 2 unspecified atom stereocenters. The molecule has 1 aliphatic heterocycles. The number of benzene rings is 1. The number of carboxylic acid groups (broad SMARTS) is 1. The molecule has 0 amide bonds. The Bertz CT molecular complexity index is 457. The summed E-state index contributed by atoms with van der Waals surface area (Å²) in [6, 6.07) is 7.27. The van der Waals surface area contributed by atoms with Gasteiger partial charge in [0.15, 0.2) is 0 Å². The van der Waals surface area contributed by atoms with Gasteiger partial charge in [-0.3, -0.25) is 10.1 Å². The zero-order valence-corrected chi connectivity index (χ0v) is 12.3. The van der Waals surface area contributed by atoms with Crippen molar-refractivity contribution >= 4 is 17.6 Å². The molecule has 0 spiro atoms. The van der Waals surface area contributed by atoms with Gasteiger partial charge >= 0.3 is 5.97 Å². The van der Waals surface area contributed by atoms with E-state index in [0.29, 0.717) is 18.0 Å². The quantitative estimate of drug-likeness (QED) is 0.847. The lowest BCUT2D eigenvalue weighted by molar-refractivity contribution is -0.144. The van der Waals surface area contributed by atoms with Crippen molar-refractivity contribution in [2.24, 2.45) is 0 Å². The monoisotopic (exact) mass is 297 g/mol. The van der Waals surface area contributed by atoms with Crippen LogP contribution in [0.5, 0.6) is 0 Å². The molecular formula is C15H20ClNO3. The number of hydrogen-bond donors (Lipinski definition) is 2. The van der Waals surface area contributed by atoms with Gasteiger partial charge in [0.1, 0.15) is 5.54 Å². The van der Waals surface area contributed by atoms with Gasteiger partial charge in [-0.15, -0.1) is 0 Å². The molecule has 0 bridgehead atoms. The van der Waals surface area contributed by atoms with Crippen LogP contribution < -0.4 is 5.32 Å². The van der Waals surface area contributed by atoms with Crippen LogP contribution in [-0.2, 0) is 16.0 Å². The summed E-state index contributed by atoms with van der Waals surface area (Å²) in [6.45, 7) is 3.04. The molecule has 2 N–H and O–H groups in total. The van der Waals surface area contributed by atoms with Crippen LogP contribution in [0.4, 0.5) is 0 Å². The molecular weight excluding hydrogens is 278 g/mol. The molecule has 1 heterocycles. The molecule has 1 aromatic rings. The number of ether oxygens (including phenoxy) is 1. The van der Waals surface area contributed by atoms with Crippen molar-refractivity contribution < 1.29 is 14.6 Å². The van der Waals surface area contributed by atoms with E-state index in [9.17, 15) is 9.90 Å². The minimum atomic E-state index is -1.00. The minimum absolute atomic E-state index is 0.124. The molecule has 0 aliphatic carbocycles. The molecule has 1 aliphatic rings. The van der Waals surface area contributed by atoms with Crippen molar-refractivity contribution in [1.29, 1.82) is 0 Å². The second-order valence-electron chi connectivity index (χ2n) is 5.46. The molecule has 110 valence electrons. The number of carbonyl (C=O) groups is 1. The predicted octanol–water partition coefficient (Wildman–Crippen LogP) is 2.49. The Morgan fingerprint density at radius 2 is 2.20 bits per heavy atom. The molecule has 0 aromatic heterocycles. The second-order valence-corrected chi connectivity index (χ2v) is 5.89. The van der Waals surface area contributed by atoms with E-state index in [4.69, 9.17) is 16.3 Å². The van der Waals surface area contributed by atoms with Crippen LogP contribution in [0.15, 0.2) is 24.3 Å². The normalized spacial score (nSPS) is 21.6. The fraction of sp³-hybridized carbons (Fsp3) is 0.533. The number of rotatable bonds is 6. The maximum atomic E-state index is 11.6. The second kappa shape index (κ2) is 6.57. The zero-order valence-electron chi connectivity index (χ0n) is 11.6. The maximum Gasteiger partial charge on any atom is 0.323 e. The van der Waals surface area contributed by atoms with Crippen LogP contribution in [0.2, 0.25) is 5.02 Å². The fourth-order valence-electron chi connectivity index (χ4n) is 2.37. The lowest BCUT2D eigenvalue weighted by Crippen LogP contribution is -2.53. The van der Waals surface area contributed by atoms with Gasteiger partial charge in [-0.1, -0.05) is 23.7 Å². The third kappa shape index (κ3) is 3.95. The van der Waals surface area contributed by atoms with Gasteiger partial charge in [0.05, 0.1) is 6.10 Å². The topological polar surface area (TPSA) is 58.6 Å². The van der Waals surface area contributed by atoms with Crippen molar-refractivity contribution in [2.75, 3.05) is 13.2 Å². The summed E-state index contributed by atoms with van der Waals surface area (Å²) in [7, 11) is 0. The van der Waals surface area contributed by atoms with E-state index in [1.165, 1.54) is 0 Å². The molecule has 5 heteroatoms. The van der Waals surface area contributed by atoms with Gasteiger partial charge < -0.3 is 9.84 Å². The molecule has 2 atom stereocenters. The Balaban J connectivity index is 2.00. The van der Waals surface area contributed by atoms with Gasteiger partial charge in [0.2, 0.25) is 0 Å². The summed E-state index contributed by atoms with van der Waals surface area (Å²) >= 11 is 5.84. The molecule has 1 fully saturated rings. The Hall–Kier alpha value is -1.10. The van der Waals surface area contributed by atoms with Crippen LogP contribution >= 0.6 is 11.6 Å². The number of aliphatic carboxylic acids is 1. The van der Waals surface area contributed by atoms with Crippen LogP contribution in [0.1, 0.15) is 25.3 Å². The lowest BCUT2D eigenvalue weighted by atomic mass is 9.92. The van der Waals surface area contributed by atoms with Gasteiger partial charge in [0, 0.05) is 24.6 Å². The van der Waals surface area contributed by atoms with Crippen molar-refractivity contribution in [3.05, 3.63) is 34.9 Å². The van der Waals surface area contributed by atoms with E-state index in [1.807, 2.05) is 12.1 Å². The Kier molecular flexibility index (Phi) is 5.02. The molecule has 4 nitrogen and oxygen atoms in total. The van der Waals surface area contributed by atoms with Crippen LogP contribution in [0.3, 0.4) is 0 Å². The first kappa shape index (κ1) is 15.3. The van der Waals surface area contributed by atoms with E-state index in [1.54, 1.807) is 19.1 Å². The van der Waals surface area contributed by atoms with E-state index >= 15 is 0 Å². The van der Waals surface area contributed by atoms with E-state index in [2.05, 4.69) is 5.32 Å². The molecule has 2 rings (SSSR count). The summed E-state index contributed by atoms with van der Waals surface area (Å²) in [5.41, 5.74) is -0.0566. The van der Waals surface area contributed by atoms with Gasteiger partial charge in [-0.05, 0) is 37.5 Å². The molecule has 1 saturated heterocycles. The lowest BCUT2D eigenvalue weighted by Gasteiger charge is -2.28. The van der Waals surface area contributed by atoms with Crippen molar-refractivity contribution in [1.82, 2.24) is 5.32 Å². The highest BCUT2D eigenvalue weighted by atomic mass is 35.5. The molecule has 1 aromatic carbocycles. The summed E-state index contributed by atoms with van der Waals surface area (Å²) in [5.74, 6) is -0.856.